The van der Waals surface area contributed by atoms with Crippen molar-refractivity contribution in [3.63, 3.8) is 0 Å². The molecule has 0 radical (unpaired) electrons. The van der Waals surface area contributed by atoms with E-state index in [1.54, 1.807) is 12.1 Å². The SMILES string of the molecule is Cn1nc(-c2ccc(C(N)=O)c(Cl)c2)s/c1=N/C1CCCCC1. The number of rotatable bonds is 3. The third-order valence-electron chi connectivity index (χ3n) is 4.05. The molecule has 1 aliphatic carbocycles. The molecule has 0 aliphatic heterocycles. The lowest BCUT2D eigenvalue weighted by atomic mass is 9.96. The Morgan fingerprint density at radius 1 is 1.39 bits per heavy atom. The van der Waals surface area contributed by atoms with Gasteiger partial charge in [0.15, 0.2) is 0 Å². The van der Waals surface area contributed by atoms with Crippen molar-refractivity contribution in [2.24, 2.45) is 17.8 Å². The molecular weight excluding hydrogens is 332 g/mol. The summed E-state index contributed by atoms with van der Waals surface area (Å²) < 4.78 is 1.81. The summed E-state index contributed by atoms with van der Waals surface area (Å²) in [6, 6.07) is 5.59. The second-order valence-corrected chi connectivity index (χ2v) is 7.16. The van der Waals surface area contributed by atoms with Crippen molar-refractivity contribution < 1.29 is 4.79 Å². The molecule has 2 N–H and O–H groups in total. The zero-order chi connectivity index (χ0) is 16.4. The number of hydrogen-bond acceptors (Lipinski definition) is 4. The van der Waals surface area contributed by atoms with Crippen LogP contribution in [0.3, 0.4) is 0 Å². The van der Waals surface area contributed by atoms with Crippen LogP contribution in [0.1, 0.15) is 42.5 Å². The Hall–Kier alpha value is -1.66. The fourth-order valence-electron chi connectivity index (χ4n) is 2.79. The van der Waals surface area contributed by atoms with Gasteiger partial charge in [-0.1, -0.05) is 48.3 Å². The Balaban J connectivity index is 1.92. The number of carbonyl (C=O) groups excluding carboxylic acids is 1. The van der Waals surface area contributed by atoms with Gasteiger partial charge in [-0.25, -0.2) is 4.68 Å². The number of nitrogens with two attached hydrogens (primary N) is 1. The van der Waals surface area contributed by atoms with Crippen LogP contribution in [-0.2, 0) is 7.05 Å². The summed E-state index contributed by atoms with van der Waals surface area (Å²) >= 11 is 7.66. The monoisotopic (exact) mass is 350 g/mol. The molecule has 1 aromatic carbocycles. The normalized spacial score (nSPS) is 16.7. The van der Waals surface area contributed by atoms with E-state index in [2.05, 4.69) is 5.10 Å². The molecule has 1 fully saturated rings. The van der Waals surface area contributed by atoms with Crippen molar-refractivity contribution >= 4 is 28.8 Å². The van der Waals surface area contributed by atoms with Gasteiger partial charge in [0.25, 0.3) is 0 Å². The number of benzene rings is 1. The number of primary amides is 1. The molecule has 23 heavy (non-hydrogen) atoms. The highest BCUT2D eigenvalue weighted by atomic mass is 35.5. The molecule has 7 heteroatoms. The van der Waals surface area contributed by atoms with Crippen LogP contribution in [0.15, 0.2) is 23.2 Å². The third-order valence-corrected chi connectivity index (χ3v) is 5.43. The highest BCUT2D eigenvalue weighted by Crippen LogP contribution is 2.26. The first kappa shape index (κ1) is 16.2. The van der Waals surface area contributed by atoms with Crippen LogP contribution in [0.5, 0.6) is 0 Å². The number of hydrogen-bond donors (Lipinski definition) is 1. The van der Waals surface area contributed by atoms with Crippen LogP contribution in [-0.4, -0.2) is 21.7 Å². The molecule has 3 rings (SSSR count). The van der Waals surface area contributed by atoms with Gasteiger partial charge >= 0.3 is 0 Å². The molecule has 122 valence electrons. The van der Waals surface area contributed by atoms with Crippen molar-refractivity contribution in [3.05, 3.63) is 33.6 Å². The van der Waals surface area contributed by atoms with Gasteiger partial charge in [0, 0.05) is 12.6 Å². The first-order valence-corrected chi connectivity index (χ1v) is 8.92. The maximum atomic E-state index is 11.3. The van der Waals surface area contributed by atoms with Crippen LogP contribution in [0.2, 0.25) is 5.02 Å². The van der Waals surface area contributed by atoms with Crippen LogP contribution in [0, 0.1) is 0 Å². The van der Waals surface area contributed by atoms with E-state index >= 15 is 0 Å². The standard InChI is InChI=1S/C16H19ClN4OS/c1-21-16(19-11-5-3-2-4-6-11)23-15(20-21)10-7-8-12(14(18)22)13(17)9-10/h7-9,11H,2-6H2,1H3,(H2,18,22)/b19-16+. The first-order chi connectivity index (χ1) is 11.0. The fourth-order valence-corrected chi connectivity index (χ4v) is 4.02. The number of amides is 1. The highest BCUT2D eigenvalue weighted by Gasteiger charge is 2.14. The molecule has 1 aromatic heterocycles. The average molecular weight is 351 g/mol. The van der Waals surface area contributed by atoms with Gasteiger partial charge in [-0.3, -0.25) is 9.79 Å². The van der Waals surface area contributed by atoms with Crippen molar-refractivity contribution in [3.8, 4) is 10.6 Å². The first-order valence-electron chi connectivity index (χ1n) is 7.72. The molecule has 1 amide bonds. The summed E-state index contributed by atoms with van der Waals surface area (Å²) in [7, 11) is 1.90. The van der Waals surface area contributed by atoms with E-state index in [-0.39, 0.29) is 0 Å². The second-order valence-electron chi connectivity index (χ2n) is 5.79. The predicted octanol–water partition coefficient (Wildman–Crippen LogP) is 3.13. The van der Waals surface area contributed by atoms with E-state index in [1.165, 1.54) is 30.6 Å². The van der Waals surface area contributed by atoms with E-state index in [0.29, 0.717) is 16.6 Å². The lowest BCUT2D eigenvalue weighted by molar-refractivity contribution is 0.100. The van der Waals surface area contributed by atoms with E-state index in [1.807, 2.05) is 17.8 Å². The largest absolute Gasteiger partial charge is 0.366 e. The Morgan fingerprint density at radius 2 is 2.13 bits per heavy atom. The Kier molecular flexibility index (Phi) is 4.82. The number of halogens is 1. The smallest absolute Gasteiger partial charge is 0.250 e. The molecule has 2 aromatic rings. The summed E-state index contributed by atoms with van der Waals surface area (Å²) in [5.41, 5.74) is 6.47. The van der Waals surface area contributed by atoms with Gasteiger partial charge in [-0.05, 0) is 25.0 Å². The van der Waals surface area contributed by atoms with E-state index in [4.69, 9.17) is 22.3 Å². The van der Waals surface area contributed by atoms with E-state index < -0.39 is 5.91 Å². The third kappa shape index (κ3) is 3.64. The van der Waals surface area contributed by atoms with Crippen LogP contribution >= 0.6 is 22.9 Å². The van der Waals surface area contributed by atoms with Gasteiger partial charge in [-0.15, -0.1) is 0 Å². The summed E-state index contributed by atoms with van der Waals surface area (Å²) in [6.07, 6.45) is 6.15. The van der Waals surface area contributed by atoms with E-state index in [9.17, 15) is 4.79 Å². The van der Waals surface area contributed by atoms with Gasteiger partial charge < -0.3 is 5.73 Å². The predicted molar refractivity (Wildman–Crippen MR) is 92.5 cm³/mol. The molecule has 0 unspecified atom stereocenters. The zero-order valence-corrected chi connectivity index (χ0v) is 14.5. The molecule has 0 saturated heterocycles. The minimum Gasteiger partial charge on any atom is -0.366 e. The van der Waals surface area contributed by atoms with Crippen molar-refractivity contribution in [2.75, 3.05) is 0 Å². The highest BCUT2D eigenvalue weighted by molar-refractivity contribution is 7.12. The zero-order valence-electron chi connectivity index (χ0n) is 13.0. The molecule has 1 aliphatic rings. The maximum absolute atomic E-state index is 11.3. The van der Waals surface area contributed by atoms with Crippen LogP contribution in [0.25, 0.3) is 10.6 Å². The number of aromatic nitrogens is 2. The summed E-state index contributed by atoms with van der Waals surface area (Å²) in [4.78, 5) is 17.0. The number of nitrogens with zero attached hydrogens (tertiary/aromatic N) is 3. The number of aryl methyl sites for hydroxylation is 1. The fraction of sp³-hybridized carbons (Fsp3) is 0.438. The molecule has 5 nitrogen and oxygen atoms in total. The van der Waals surface area contributed by atoms with Crippen molar-refractivity contribution in [2.45, 2.75) is 38.1 Å². The maximum Gasteiger partial charge on any atom is 0.250 e. The lowest BCUT2D eigenvalue weighted by Crippen LogP contribution is -2.18. The van der Waals surface area contributed by atoms with Gasteiger partial charge in [0.2, 0.25) is 10.7 Å². The van der Waals surface area contributed by atoms with Gasteiger partial charge in [0.05, 0.1) is 16.6 Å². The van der Waals surface area contributed by atoms with Gasteiger partial charge in [-0.2, -0.15) is 5.10 Å². The Bertz CT molecular complexity index is 790. The van der Waals surface area contributed by atoms with Crippen molar-refractivity contribution in [1.82, 2.24) is 9.78 Å². The number of carbonyl (C=O) groups is 1. The average Bonchev–Trinajstić information content (AvgIpc) is 2.89. The van der Waals surface area contributed by atoms with Crippen LogP contribution < -0.4 is 10.5 Å². The minimum atomic E-state index is -0.528. The van der Waals surface area contributed by atoms with Gasteiger partial charge in [0.1, 0.15) is 5.01 Å². The van der Waals surface area contributed by atoms with Crippen LogP contribution in [0.4, 0.5) is 0 Å². The van der Waals surface area contributed by atoms with Crippen molar-refractivity contribution in [1.29, 1.82) is 0 Å². The van der Waals surface area contributed by atoms with E-state index in [0.717, 1.165) is 28.2 Å². The molecular formula is C16H19ClN4OS. The quantitative estimate of drug-likeness (QED) is 0.923. The summed E-state index contributed by atoms with van der Waals surface area (Å²) in [5, 5.41) is 5.71. The minimum absolute atomic E-state index is 0.323. The topological polar surface area (TPSA) is 73.3 Å². The molecule has 1 saturated carbocycles. The Morgan fingerprint density at radius 3 is 2.78 bits per heavy atom. The molecule has 0 bridgehead atoms. The molecule has 1 heterocycles. The lowest BCUT2D eigenvalue weighted by Gasteiger charge is -2.16. The summed E-state index contributed by atoms with van der Waals surface area (Å²) in [6.45, 7) is 0. The molecule has 0 atom stereocenters. The Labute approximate surface area is 143 Å². The summed E-state index contributed by atoms with van der Waals surface area (Å²) in [5.74, 6) is -0.528. The molecule has 0 spiro atoms. The second kappa shape index (κ2) is 6.84.